The van der Waals surface area contributed by atoms with E-state index < -0.39 is 0 Å². The summed E-state index contributed by atoms with van der Waals surface area (Å²) in [7, 11) is 0. The Bertz CT molecular complexity index is 484. The van der Waals surface area contributed by atoms with Crippen molar-refractivity contribution in [2.45, 2.75) is 39.7 Å². The number of aliphatic hydroxyl groups is 1. The Morgan fingerprint density at radius 3 is 2.75 bits per heavy atom. The first-order chi connectivity index (χ1) is 9.52. The lowest BCUT2D eigenvalue weighted by Crippen LogP contribution is -2.34. The third-order valence-corrected chi connectivity index (χ3v) is 4.34. The van der Waals surface area contributed by atoms with Crippen LogP contribution < -0.4 is 11.1 Å². The number of rotatable bonds is 5. The molecule has 1 heterocycles. The van der Waals surface area contributed by atoms with Crippen molar-refractivity contribution in [1.82, 2.24) is 15.1 Å². The maximum Gasteiger partial charge on any atom is 0.241 e. The fourth-order valence-electron chi connectivity index (χ4n) is 2.92. The predicted octanol–water partition coefficient (Wildman–Crippen LogP) is 0.607. The molecule has 1 fully saturated rings. The summed E-state index contributed by atoms with van der Waals surface area (Å²) in [5.74, 6) is 0.674. The number of aryl methyl sites for hydroxylation is 1. The molecule has 6 heteroatoms. The zero-order chi connectivity index (χ0) is 14.7. The Morgan fingerprint density at radius 1 is 1.45 bits per heavy atom. The fourth-order valence-corrected chi connectivity index (χ4v) is 2.92. The minimum atomic E-state index is -0.0563. The largest absolute Gasteiger partial charge is 0.396 e. The maximum absolute atomic E-state index is 12.0. The van der Waals surface area contributed by atoms with Gasteiger partial charge >= 0.3 is 0 Å². The number of nitrogens with one attached hydrogen (secondary N) is 1. The third-order valence-electron chi connectivity index (χ3n) is 4.34. The Balaban J connectivity index is 1.85. The summed E-state index contributed by atoms with van der Waals surface area (Å²) in [5, 5.41) is 16.5. The number of nitrogens with zero attached hydrogens (tertiary/aromatic N) is 2. The van der Waals surface area contributed by atoms with Gasteiger partial charge in [0.25, 0.3) is 0 Å². The van der Waals surface area contributed by atoms with Crippen LogP contribution in [-0.2, 0) is 11.3 Å². The monoisotopic (exact) mass is 280 g/mol. The van der Waals surface area contributed by atoms with Crippen molar-refractivity contribution in [3.05, 3.63) is 11.4 Å². The fraction of sp³-hybridized carbons (Fsp3) is 0.714. The second-order valence-corrected chi connectivity index (χ2v) is 5.68. The van der Waals surface area contributed by atoms with Crippen molar-refractivity contribution in [3.63, 3.8) is 0 Å². The van der Waals surface area contributed by atoms with Gasteiger partial charge in [-0.2, -0.15) is 5.10 Å². The average Bonchev–Trinajstić information content (AvgIpc) is 2.97. The van der Waals surface area contributed by atoms with Crippen LogP contribution in [-0.4, -0.2) is 33.9 Å². The van der Waals surface area contributed by atoms with E-state index >= 15 is 0 Å². The lowest BCUT2D eigenvalue weighted by Gasteiger charge is -2.17. The molecule has 4 N–H and O–H groups in total. The van der Waals surface area contributed by atoms with E-state index in [1.54, 1.807) is 4.68 Å². The molecule has 0 aromatic carbocycles. The SMILES string of the molecule is Cc1nn(CC(=O)NCC2CCCC2CO)c(C)c1N. The van der Waals surface area contributed by atoms with Crippen LogP contribution in [0, 0.1) is 25.7 Å². The van der Waals surface area contributed by atoms with E-state index in [4.69, 9.17) is 5.73 Å². The van der Waals surface area contributed by atoms with Crippen LogP contribution in [0.25, 0.3) is 0 Å². The van der Waals surface area contributed by atoms with Gasteiger partial charge in [0.05, 0.1) is 17.1 Å². The highest BCUT2D eigenvalue weighted by Gasteiger charge is 2.26. The molecule has 1 saturated carbocycles. The van der Waals surface area contributed by atoms with Gasteiger partial charge in [-0.3, -0.25) is 9.48 Å². The summed E-state index contributed by atoms with van der Waals surface area (Å²) in [4.78, 5) is 12.0. The second kappa shape index (κ2) is 6.26. The first-order valence-corrected chi connectivity index (χ1v) is 7.20. The molecule has 0 radical (unpaired) electrons. The number of nitrogens with two attached hydrogens (primary N) is 1. The minimum Gasteiger partial charge on any atom is -0.396 e. The summed E-state index contributed by atoms with van der Waals surface area (Å²) in [5.41, 5.74) is 8.07. The number of aromatic nitrogens is 2. The quantitative estimate of drug-likeness (QED) is 0.736. The second-order valence-electron chi connectivity index (χ2n) is 5.68. The van der Waals surface area contributed by atoms with Crippen molar-refractivity contribution < 1.29 is 9.90 Å². The van der Waals surface area contributed by atoms with Crippen molar-refractivity contribution in [2.75, 3.05) is 18.9 Å². The lowest BCUT2D eigenvalue weighted by atomic mass is 9.97. The Hall–Kier alpha value is -1.56. The van der Waals surface area contributed by atoms with Gasteiger partial charge in [0.15, 0.2) is 0 Å². The molecule has 2 rings (SSSR count). The summed E-state index contributed by atoms with van der Waals surface area (Å²) in [6.45, 7) is 4.75. The topological polar surface area (TPSA) is 93.2 Å². The molecule has 0 bridgehead atoms. The summed E-state index contributed by atoms with van der Waals surface area (Å²) >= 11 is 0. The van der Waals surface area contributed by atoms with Gasteiger partial charge in [0.1, 0.15) is 6.54 Å². The van der Waals surface area contributed by atoms with Crippen LogP contribution in [0.3, 0.4) is 0 Å². The average molecular weight is 280 g/mol. The molecule has 20 heavy (non-hydrogen) atoms. The predicted molar refractivity (Wildman–Crippen MR) is 77.0 cm³/mol. The smallest absolute Gasteiger partial charge is 0.241 e. The van der Waals surface area contributed by atoms with Crippen LogP contribution in [0.5, 0.6) is 0 Å². The molecule has 0 saturated heterocycles. The van der Waals surface area contributed by atoms with E-state index in [-0.39, 0.29) is 19.1 Å². The van der Waals surface area contributed by atoms with Crippen molar-refractivity contribution in [3.8, 4) is 0 Å². The van der Waals surface area contributed by atoms with E-state index in [9.17, 15) is 9.90 Å². The van der Waals surface area contributed by atoms with E-state index in [0.717, 1.165) is 30.7 Å². The van der Waals surface area contributed by atoms with Crippen LogP contribution in [0.2, 0.25) is 0 Å². The van der Waals surface area contributed by atoms with Gasteiger partial charge in [0.2, 0.25) is 5.91 Å². The molecule has 1 amide bonds. The number of aliphatic hydroxyl groups excluding tert-OH is 1. The number of carbonyl (C=O) groups is 1. The van der Waals surface area contributed by atoms with Crippen molar-refractivity contribution in [1.29, 1.82) is 0 Å². The number of anilines is 1. The zero-order valence-electron chi connectivity index (χ0n) is 12.2. The van der Waals surface area contributed by atoms with E-state index in [1.807, 2.05) is 13.8 Å². The van der Waals surface area contributed by atoms with E-state index in [0.29, 0.717) is 24.1 Å². The molecule has 1 aromatic heterocycles. The van der Waals surface area contributed by atoms with Gasteiger partial charge in [-0.05, 0) is 38.5 Å². The molecule has 6 nitrogen and oxygen atoms in total. The highest BCUT2D eigenvalue weighted by atomic mass is 16.3. The lowest BCUT2D eigenvalue weighted by molar-refractivity contribution is -0.122. The van der Waals surface area contributed by atoms with E-state index in [2.05, 4.69) is 10.4 Å². The number of amides is 1. The number of carbonyl (C=O) groups excluding carboxylic acids is 1. The molecular formula is C14H24N4O2. The van der Waals surface area contributed by atoms with E-state index in [1.165, 1.54) is 0 Å². The molecule has 2 atom stereocenters. The summed E-state index contributed by atoms with van der Waals surface area (Å²) < 4.78 is 1.64. The molecular weight excluding hydrogens is 256 g/mol. The van der Waals surface area contributed by atoms with Crippen LogP contribution in [0.4, 0.5) is 5.69 Å². The number of nitrogen functional groups attached to an aromatic ring is 1. The molecule has 1 aliphatic carbocycles. The molecule has 0 spiro atoms. The normalized spacial score (nSPS) is 22.1. The highest BCUT2D eigenvalue weighted by molar-refractivity contribution is 5.75. The van der Waals surface area contributed by atoms with Crippen LogP contribution >= 0.6 is 0 Å². The molecule has 1 aliphatic rings. The van der Waals surface area contributed by atoms with Gasteiger partial charge in [0, 0.05) is 13.2 Å². The van der Waals surface area contributed by atoms with Crippen molar-refractivity contribution >= 4 is 11.6 Å². The standard InChI is InChI=1S/C14H24N4O2/c1-9-14(15)10(2)18(17-9)7-13(20)16-6-11-4-3-5-12(11)8-19/h11-12,19H,3-8,15H2,1-2H3,(H,16,20). The third kappa shape index (κ3) is 3.12. The molecule has 1 aromatic rings. The number of hydrogen-bond acceptors (Lipinski definition) is 4. The Morgan fingerprint density at radius 2 is 2.15 bits per heavy atom. The number of hydrogen-bond donors (Lipinski definition) is 3. The zero-order valence-corrected chi connectivity index (χ0v) is 12.2. The van der Waals surface area contributed by atoms with Gasteiger partial charge in [-0.25, -0.2) is 0 Å². The Labute approximate surface area is 119 Å². The Kier molecular flexibility index (Phi) is 4.65. The van der Waals surface area contributed by atoms with Gasteiger partial charge in [-0.1, -0.05) is 6.42 Å². The van der Waals surface area contributed by atoms with Crippen LogP contribution in [0.1, 0.15) is 30.7 Å². The van der Waals surface area contributed by atoms with Gasteiger partial charge in [-0.15, -0.1) is 0 Å². The molecule has 2 unspecified atom stereocenters. The first-order valence-electron chi connectivity index (χ1n) is 7.20. The molecule has 0 aliphatic heterocycles. The van der Waals surface area contributed by atoms with Crippen LogP contribution in [0.15, 0.2) is 0 Å². The minimum absolute atomic E-state index is 0.0563. The maximum atomic E-state index is 12.0. The molecule has 112 valence electrons. The summed E-state index contributed by atoms with van der Waals surface area (Å²) in [6, 6.07) is 0. The summed E-state index contributed by atoms with van der Waals surface area (Å²) in [6.07, 6.45) is 3.28. The van der Waals surface area contributed by atoms with Crippen molar-refractivity contribution in [2.24, 2.45) is 11.8 Å². The highest BCUT2D eigenvalue weighted by Crippen LogP contribution is 2.30. The first kappa shape index (κ1) is 14.8. The van der Waals surface area contributed by atoms with Gasteiger partial charge < -0.3 is 16.2 Å².